The number of esters is 1. The molecule has 4 aromatic rings. The molecule has 1 fully saturated rings. The van der Waals surface area contributed by atoms with Gasteiger partial charge in [-0.15, -0.1) is 0 Å². The minimum absolute atomic E-state index is 0.0953. The molecule has 2 aliphatic rings. The maximum Gasteiger partial charge on any atom is 0.338 e. The fourth-order valence-electron chi connectivity index (χ4n) is 5.85. The third-order valence-corrected chi connectivity index (χ3v) is 8.80. The smallest absolute Gasteiger partial charge is 0.338 e. The van der Waals surface area contributed by atoms with Crippen LogP contribution in [-0.2, 0) is 20.9 Å². The standard InChI is InChI=1S/C32H32N4O5S/c1-4-41-31(39)28-20(2)33-32-36(29(28)23-12-6-8-14-25(23)40-3)30(38)26(42-32)17-21-18-35(24-13-7-5-11-22(21)24)19-27(37)34-15-9-10-16-34/h5-8,11-14,17-18,29H,4,9-10,15-16,19H2,1-3H3/b26-17+/t29-/m1/s1. The first-order valence-corrected chi connectivity index (χ1v) is 14.9. The zero-order chi connectivity index (χ0) is 29.4. The van der Waals surface area contributed by atoms with Gasteiger partial charge in [0.25, 0.3) is 5.56 Å². The van der Waals surface area contributed by atoms with Gasteiger partial charge in [-0.2, -0.15) is 0 Å². The van der Waals surface area contributed by atoms with Crippen LogP contribution >= 0.6 is 11.3 Å². The molecule has 0 unspecified atom stereocenters. The zero-order valence-corrected chi connectivity index (χ0v) is 24.6. The number of likely N-dealkylation sites (tertiary alicyclic amines) is 1. The van der Waals surface area contributed by atoms with Gasteiger partial charge in [0.15, 0.2) is 4.80 Å². The monoisotopic (exact) mass is 584 g/mol. The molecule has 6 rings (SSSR count). The van der Waals surface area contributed by atoms with Crippen LogP contribution in [0.25, 0.3) is 17.0 Å². The first kappa shape index (κ1) is 27.7. The van der Waals surface area contributed by atoms with Crippen LogP contribution < -0.4 is 19.6 Å². The van der Waals surface area contributed by atoms with Gasteiger partial charge < -0.3 is 18.9 Å². The Hall–Kier alpha value is -4.44. The number of aromatic nitrogens is 2. The number of allylic oxidation sites excluding steroid dienone is 1. The lowest BCUT2D eigenvalue weighted by atomic mass is 9.95. The number of nitrogens with zero attached hydrogens (tertiary/aromatic N) is 4. The maximum atomic E-state index is 14.1. The van der Waals surface area contributed by atoms with Crippen molar-refractivity contribution in [3.8, 4) is 5.75 Å². The van der Waals surface area contributed by atoms with Gasteiger partial charge in [0.05, 0.1) is 29.5 Å². The van der Waals surface area contributed by atoms with Gasteiger partial charge in [-0.05, 0) is 44.9 Å². The Morgan fingerprint density at radius 3 is 2.60 bits per heavy atom. The van der Waals surface area contributed by atoms with E-state index >= 15 is 0 Å². The van der Waals surface area contributed by atoms with Crippen molar-refractivity contribution in [3.05, 3.63) is 96.8 Å². The van der Waals surface area contributed by atoms with Gasteiger partial charge in [-0.25, -0.2) is 9.79 Å². The minimum atomic E-state index is -0.766. The van der Waals surface area contributed by atoms with E-state index in [-0.39, 0.29) is 24.6 Å². The van der Waals surface area contributed by atoms with E-state index in [4.69, 9.17) is 9.47 Å². The van der Waals surface area contributed by atoms with Crippen molar-refractivity contribution in [2.24, 2.45) is 4.99 Å². The lowest BCUT2D eigenvalue weighted by Gasteiger charge is -2.25. The Morgan fingerprint density at radius 1 is 1.10 bits per heavy atom. The third kappa shape index (κ3) is 4.85. The van der Waals surface area contributed by atoms with Crippen LogP contribution in [0.4, 0.5) is 0 Å². The highest BCUT2D eigenvalue weighted by atomic mass is 32.1. The van der Waals surface area contributed by atoms with Crippen molar-refractivity contribution < 1.29 is 19.1 Å². The number of rotatable bonds is 7. The van der Waals surface area contributed by atoms with E-state index in [2.05, 4.69) is 4.99 Å². The molecule has 0 bridgehead atoms. The fourth-order valence-corrected chi connectivity index (χ4v) is 6.89. The van der Waals surface area contributed by atoms with Crippen LogP contribution in [0, 0.1) is 0 Å². The van der Waals surface area contributed by atoms with Crippen LogP contribution in [0.5, 0.6) is 5.75 Å². The topological polar surface area (TPSA) is 95.1 Å². The predicted octanol–water partition coefficient (Wildman–Crippen LogP) is 3.38. The summed E-state index contributed by atoms with van der Waals surface area (Å²) in [6.07, 6.45) is 5.87. The third-order valence-electron chi connectivity index (χ3n) is 7.82. The predicted molar refractivity (Wildman–Crippen MR) is 161 cm³/mol. The summed E-state index contributed by atoms with van der Waals surface area (Å²) < 4.78 is 15.0. The highest BCUT2D eigenvalue weighted by Crippen LogP contribution is 2.35. The average Bonchev–Trinajstić information content (AvgIpc) is 3.72. The molecule has 1 atom stereocenters. The number of thiazole rings is 1. The molecule has 0 aliphatic carbocycles. The first-order chi connectivity index (χ1) is 20.4. The second-order valence-corrected chi connectivity index (χ2v) is 11.4. The highest BCUT2D eigenvalue weighted by molar-refractivity contribution is 7.07. The number of fused-ring (bicyclic) bond motifs is 2. The second-order valence-electron chi connectivity index (χ2n) is 10.4. The lowest BCUT2D eigenvalue weighted by Crippen LogP contribution is -2.40. The molecule has 1 saturated heterocycles. The molecule has 9 nitrogen and oxygen atoms in total. The number of benzene rings is 2. The van der Waals surface area contributed by atoms with E-state index in [1.54, 1.807) is 25.5 Å². The van der Waals surface area contributed by atoms with Gasteiger partial charge >= 0.3 is 5.97 Å². The summed E-state index contributed by atoms with van der Waals surface area (Å²) in [7, 11) is 1.56. The maximum absolute atomic E-state index is 14.1. The highest BCUT2D eigenvalue weighted by Gasteiger charge is 2.35. The number of ether oxygens (including phenoxy) is 2. The summed E-state index contributed by atoms with van der Waals surface area (Å²) in [6, 6.07) is 14.5. The SMILES string of the molecule is CCOC(=O)C1=C(C)N=c2s/c(=C/c3cn(CC(=O)N4CCCC4)c4ccccc34)c(=O)n2[C@@H]1c1ccccc1OC. The van der Waals surface area contributed by atoms with Crippen molar-refractivity contribution >= 4 is 40.2 Å². The number of methoxy groups -OCH3 is 1. The van der Waals surface area contributed by atoms with Crippen molar-refractivity contribution in [2.75, 3.05) is 26.8 Å². The number of amides is 1. The molecule has 0 N–H and O–H groups in total. The Bertz CT molecular complexity index is 1910. The zero-order valence-electron chi connectivity index (χ0n) is 23.8. The Balaban J connectivity index is 1.50. The Labute approximate surface area is 246 Å². The molecule has 1 amide bonds. The molecule has 10 heteroatoms. The van der Waals surface area contributed by atoms with Crippen molar-refractivity contribution in [3.63, 3.8) is 0 Å². The Morgan fingerprint density at radius 2 is 1.83 bits per heavy atom. The van der Waals surface area contributed by atoms with Gasteiger partial charge in [0, 0.05) is 41.3 Å². The molecule has 42 heavy (non-hydrogen) atoms. The molecule has 2 aromatic heterocycles. The number of carbonyl (C=O) groups excluding carboxylic acids is 2. The molecule has 0 radical (unpaired) electrons. The van der Waals surface area contributed by atoms with Crippen LogP contribution in [0.1, 0.15) is 43.9 Å². The first-order valence-electron chi connectivity index (χ1n) is 14.1. The molecular formula is C32H32N4O5S. The minimum Gasteiger partial charge on any atom is -0.496 e. The van der Waals surface area contributed by atoms with Crippen LogP contribution in [0.2, 0.25) is 0 Å². The fraction of sp³-hybridized carbons (Fsp3) is 0.312. The lowest BCUT2D eigenvalue weighted by molar-refractivity contribution is -0.139. The van der Waals surface area contributed by atoms with Gasteiger partial charge in [-0.1, -0.05) is 47.7 Å². The Kier molecular flexibility index (Phi) is 7.55. The van der Waals surface area contributed by atoms with Crippen LogP contribution in [0.15, 0.2) is 75.8 Å². The second kappa shape index (κ2) is 11.4. The van der Waals surface area contributed by atoms with Crippen molar-refractivity contribution in [1.82, 2.24) is 14.0 Å². The molecular weight excluding hydrogens is 552 g/mol. The van der Waals surface area contributed by atoms with Crippen molar-refractivity contribution in [1.29, 1.82) is 0 Å². The quantitative estimate of drug-likeness (QED) is 0.311. The summed E-state index contributed by atoms with van der Waals surface area (Å²) in [5.41, 5.74) is 2.96. The summed E-state index contributed by atoms with van der Waals surface area (Å²) >= 11 is 1.27. The van der Waals surface area contributed by atoms with E-state index in [9.17, 15) is 14.4 Å². The van der Waals surface area contributed by atoms with Crippen LogP contribution in [0.3, 0.4) is 0 Å². The van der Waals surface area contributed by atoms with E-state index in [0.717, 1.165) is 42.4 Å². The van der Waals surface area contributed by atoms with Gasteiger partial charge in [0.1, 0.15) is 18.3 Å². The number of para-hydroxylation sites is 2. The number of hydrogen-bond acceptors (Lipinski definition) is 7. The number of carbonyl (C=O) groups is 2. The summed E-state index contributed by atoms with van der Waals surface area (Å²) in [5, 5.41) is 0.947. The van der Waals surface area contributed by atoms with E-state index in [0.29, 0.717) is 31.9 Å². The van der Waals surface area contributed by atoms with E-state index < -0.39 is 12.0 Å². The normalized spacial score (nSPS) is 17.0. The average molecular weight is 585 g/mol. The summed E-state index contributed by atoms with van der Waals surface area (Å²) in [6.45, 7) is 5.54. The van der Waals surface area contributed by atoms with Gasteiger partial charge in [0.2, 0.25) is 5.91 Å². The number of hydrogen-bond donors (Lipinski definition) is 0. The molecule has 2 aromatic carbocycles. The summed E-state index contributed by atoms with van der Waals surface area (Å²) in [4.78, 5) is 47.4. The van der Waals surface area contributed by atoms with Crippen LogP contribution in [-0.4, -0.2) is 52.7 Å². The molecule has 4 heterocycles. The van der Waals surface area contributed by atoms with Gasteiger partial charge in [-0.3, -0.25) is 14.2 Å². The molecule has 0 spiro atoms. The molecule has 216 valence electrons. The largest absolute Gasteiger partial charge is 0.496 e. The van der Waals surface area contributed by atoms with E-state index in [1.807, 2.05) is 70.3 Å². The van der Waals surface area contributed by atoms with Crippen molar-refractivity contribution in [2.45, 2.75) is 39.3 Å². The van der Waals surface area contributed by atoms with E-state index in [1.165, 1.54) is 11.3 Å². The molecule has 2 aliphatic heterocycles. The molecule has 0 saturated carbocycles. The summed E-state index contributed by atoms with van der Waals surface area (Å²) in [5.74, 6) is 0.131.